The lowest BCUT2D eigenvalue weighted by molar-refractivity contribution is 0.155. The molecule has 1 aliphatic rings. The van der Waals surface area contributed by atoms with Crippen LogP contribution >= 0.6 is 0 Å². The van der Waals surface area contributed by atoms with Crippen LogP contribution in [0.5, 0.6) is 0 Å². The number of nitrogens with one attached hydrogen (secondary N) is 1. The minimum Gasteiger partial charge on any atom is -0.394 e. The van der Waals surface area contributed by atoms with E-state index in [1.165, 1.54) is 12.1 Å². The molecule has 2 nitrogen and oxygen atoms in total. The first-order chi connectivity index (χ1) is 8.13. The third-order valence-electron chi connectivity index (χ3n) is 3.79. The van der Waals surface area contributed by atoms with Gasteiger partial charge in [0.1, 0.15) is 5.82 Å². The lowest BCUT2D eigenvalue weighted by Crippen LogP contribution is -2.45. The van der Waals surface area contributed by atoms with Crippen LogP contribution in [0.1, 0.15) is 32.6 Å². The summed E-state index contributed by atoms with van der Waals surface area (Å²) in [5.74, 6) is 0.510. The van der Waals surface area contributed by atoms with E-state index in [2.05, 4.69) is 12.2 Å². The van der Waals surface area contributed by atoms with Gasteiger partial charge in [-0.2, -0.15) is 0 Å². The van der Waals surface area contributed by atoms with E-state index in [4.69, 9.17) is 0 Å². The van der Waals surface area contributed by atoms with Gasteiger partial charge < -0.3 is 10.4 Å². The fourth-order valence-corrected chi connectivity index (χ4v) is 2.48. The van der Waals surface area contributed by atoms with Crippen molar-refractivity contribution in [2.45, 2.75) is 38.1 Å². The van der Waals surface area contributed by atoms with E-state index in [1.54, 1.807) is 12.1 Å². The summed E-state index contributed by atoms with van der Waals surface area (Å²) < 4.78 is 12.8. The van der Waals surface area contributed by atoms with E-state index in [0.29, 0.717) is 0 Å². The minimum absolute atomic E-state index is 0.136. The smallest absolute Gasteiger partial charge is 0.123 e. The molecule has 0 heterocycles. The molecule has 0 unspecified atom stereocenters. The molecule has 94 valence electrons. The second kappa shape index (κ2) is 5.05. The number of hydrogen-bond acceptors (Lipinski definition) is 2. The average Bonchev–Trinajstić information content (AvgIpc) is 2.35. The van der Waals surface area contributed by atoms with Crippen molar-refractivity contribution in [2.24, 2.45) is 5.92 Å². The molecule has 0 spiro atoms. The van der Waals surface area contributed by atoms with Crippen LogP contribution in [0.3, 0.4) is 0 Å². The van der Waals surface area contributed by atoms with Gasteiger partial charge in [-0.3, -0.25) is 0 Å². The monoisotopic (exact) mass is 237 g/mol. The minimum atomic E-state index is -0.231. The molecular weight excluding hydrogens is 217 g/mol. The highest BCUT2D eigenvalue weighted by atomic mass is 19.1. The summed E-state index contributed by atoms with van der Waals surface area (Å²) >= 11 is 0. The van der Waals surface area contributed by atoms with Crippen molar-refractivity contribution in [3.63, 3.8) is 0 Å². The first kappa shape index (κ1) is 12.4. The van der Waals surface area contributed by atoms with Gasteiger partial charge >= 0.3 is 0 Å². The number of hydrogen-bond donors (Lipinski definition) is 2. The molecule has 3 heteroatoms. The summed E-state index contributed by atoms with van der Waals surface area (Å²) in [6, 6.07) is 6.34. The Kier molecular flexibility index (Phi) is 3.67. The number of benzene rings is 1. The van der Waals surface area contributed by atoms with Crippen LogP contribution in [0.2, 0.25) is 0 Å². The number of halogens is 1. The van der Waals surface area contributed by atoms with Gasteiger partial charge in [-0.25, -0.2) is 4.39 Å². The maximum atomic E-state index is 12.8. The zero-order chi connectivity index (χ0) is 12.3. The molecule has 0 amide bonds. The highest BCUT2D eigenvalue weighted by molar-refractivity contribution is 5.45. The maximum absolute atomic E-state index is 12.8. The summed E-state index contributed by atoms with van der Waals surface area (Å²) in [7, 11) is 0. The van der Waals surface area contributed by atoms with Crippen molar-refractivity contribution >= 4 is 5.69 Å². The second-order valence-electron chi connectivity index (χ2n) is 5.25. The van der Waals surface area contributed by atoms with E-state index in [9.17, 15) is 9.50 Å². The highest BCUT2D eigenvalue weighted by Gasteiger charge is 2.33. The highest BCUT2D eigenvalue weighted by Crippen LogP contribution is 2.34. The Morgan fingerprint density at radius 2 is 1.88 bits per heavy atom. The van der Waals surface area contributed by atoms with E-state index in [-0.39, 0.29) is 18.0 Å². The maximum Gasteiger partial charge on any atom is 0.123 e. The Balaban J connectivity index is 2.06. The van der Waals surface area contributed by atoms with Crippen molar-refractivity contribution in [3.05, 3.63) is 30.1 Å². The van der Waals surface area contributed by atoms with Gasteiger partial charge in [-0.05, 0) is 55.9 Å². The molecule has 0 bridgehead atoms. The van der Waals surface area contributed by atoms with Gasteiger partial charge in [0.15, 0.2) is 0 Å². The van der Waals surface area contributed by atoms with Gasteiger partial charge in [0.2, 0.25) is 0 Å². The summed E-state index contributed by atoms with van der Waals surface area (Å²) in [6.45, 7) is 2.39. The molecule has 1 aliphatic carbocycles. The standard InChI is InChI=1S/C14H20FNO/c1-11-6-8-14(10-17,9-7-11)16-13-4-2-12(15)3-5-13/h2-5,11,16-17H,6-10H2,1H3. The molecule has 0 aromatic heterocycles. The SMILES string of the molecule is CC1CCC(CO)(Nc2ccc(F)cc2)CC1. The van der Waals surface area contributed by atoms with Crippen LogP contribution in [0.25, 0.3) is 0 Å². The molecule has 2 N–H and O–H groups in total. The first-order valence-corrected chi connectivity index (χ1v) is 6.28. The molecule has 1 aromatic rings. The Hall–Kier alpha value is -1.09. The van der Waals surface area contributed by atoms with Crippen LogP contribution in [0.15, 0.2) is 24.3 Å². The lowest BCUT2D eigenvalue weighted by atomic mass is 9.77. The molecule has 0 saturated heterocycles. The lowest BCUT2D eigenvalue weighted by Gasteiger charge is -2.39. The molecule has 0 radical (unpaired) electrons. The van der Waals surface area contributed by atoms with Crippen LogP contribution < -0.4 is 5.32 Å². The molecule has 0 atom stereocenters. The van der Waals surface area contributed by atoms with Crippen molar-refractivity contribution in [1.29, 1.82) is 0 Å². The van der Waals surface area contributed by atoms with Crippen LogP contribution in [0, 0.1) is 11.7 Å². The molecule has 1 fully saturated rings. The van der Waals surface area contributed by atoms with Crippen molar-refractivity contribution in [3.8, 4) is 0 Å². The predicted molar refractivity (Wildman–Crippen MR) is 67.5 cm³/mol. The van der Waals surface area contributed by atoms with E-state index in [0.717, 1.165) is 37.3 Å². The first-order valence-electron chi connectivity index (χ1n) is 6.28. The van der Waals surface area contributed by atoms with Crippen LogP contribution in [0.4, 0.5) is 10.1 Å². The molecule has 2 rings (SSSR count). The van der Waals surface area contributed by atoms with Crippen molar-refractivity contribution in [2.75, 3.05) is 11.9 Å². The largest absolute Gasteiger partial charge is 0.394 e. The Labute approximate surface area is 102 Å². The molecular formula is C14H20FNO. The summed E-state index contributed by atoms with van der Waals surface area (Å²) in [4.78, 5) is 0. The second-order valence-corrected chi connectivity index (χ2v) is 5.25. The van der Waals surface area contributed by atoms with Crippen molar-refractivity contribution in [1.82, 2.24) is 0 Å². The summed E-state index contributed by atoms with van der Waals surface area (Å²) in [5.41, 5.74) is 0.666. The normalized spacial score (nSPS) is 29.0. The van der Waals surface area contributed by atoms with E-state index in [1.807, 2.05) is 0 Å². The Morgan fingerprint density at radius 1 is 1.29 bits per heavy atom. The number of aliphatic hydroxyl groups excluding tert-OH is 1. The topological polar surface area (TPSA) is 32.3 Å². The predicted octanol–water partition coefficient (Wildman–Crippen LogP) is 3.18. The third-order valence-corrected chi connectivity index (χ3v) is 3.79. The Bertz CT molecular complexity index is 355. The zero-order valence-corrected chi connectivity index (χ0v) is 10.2. The van der Waals surface area contributed by atoms with Crippen LogP contribution in [-0.4, -0.2) is 17.3 Å². The van der Waals surface area contributed by atoms with Gasteiger partial charge in [0, 0.05) is 5.69 Å². The van der Waals surface area contributed by atoms with Gasteiger partial charge in [0.05, 0.1) is 12.1 Å². The summed E-state index contributed by atoms with van der Waals surface area (Å²) in [6.07, 6.45) is 4.22. The zero-order valence-electron chi connectivity index (χ0n) is 10.2. The van der Waals surface area contributed by atoms with Crippen LogP contribution in [-0.2, 0) is 0 Å². The fourth-order valence-electron chi connectivity index (χ4n) is 2.48. The van der Waals surface area contributed by atoms with E-state index >= 15 is 0 Å². The van der Waals surface area contributed by atoms with Gasteiger partial charge in [-0.15, -0.1) is 0 Å². The van der Waals surface area contributed by atoms with E-state index < -0.39 is 0 Å². The quantitative estimate of drug-likeness (QED) is 0.846. The fraction of sp³-hybridized carbons (Fsp3) is 0.571. The molecule has 1 aromatic carbocycles. The molecule has 1 saturated carbocycles. The number of rotatable bonds is 3. The molecule has 17 heavy (non-hydrogen) atoms. The van der Waals surface area contributed by atoms with Gasteiger partial charge in [0.25, 0.3) is 0 Å². The van der Waals surface area contributed by atoms with Gasteiger partial charge in [-0.1, -0.05) is 6.92 Å². The average molecular weight is 237 g/mol. The number of aliphatic hydroxyl groups is 1. The van der Waals surface area contributed by atoms with Crippen molar-refractivity contribution < 1.29 is 9.50 Å². The number of anilines is 1. The molecule has 0 aliphatic heterocycles. The Morgan fingerprint density at radius 3 is 2.41 bits per heavy atom. The summed E-state index contributed by atoms with van der Waals surface area (Å²) in [5, 5.41) is 13.0. The third kappa shape index (κ3) is 2.97.